The summed E-state index contributed by atoms with van der Waals surface area (Å²) in [6, 6.07) is 4.04. The lowest BCUT2D eigenvalue weighted by molar-refractivity contribution is -0.384. The Kier molecular flexibility index (Phi) is 4.31. The zero-order valence-electron chi connectivity index (χ0n) is 10.9. The summed E-state index contributed by atoms with van der Waals surface area (Å²) in [5, 5.41) is 14.3. The van der Waals surface area contributed by atoms with E-state index in [1.54, 1.807) is 0 Å². The minimum atomic E-state index is -0.573. The first-order chi connectivity index (χ1) is 9.13. The lowest BCUT2D eigenvalue weighted by atomic mass is 10.1. The largest absolute Gasteiger partial charge is 0.362 e. The topological polar surface area (TPSA) is 58.4 Å². The van der Waals surface area contributed by atoms with Crippen molar-refractivity contribution in [2.45, 2.75) is 25.8 Å². The smallest absolute Gasteiger partial charge is 0.295 e. The third-order valence-corrected chi connectivity index (χ3v) is 3.38. The lowest BCUT2D eigenvalue weighted by Gasteiger charge is -2.30. The van der Waals surface area contributed by atoms with Gasteiger partial charge in [-0.3, -0.25) is 10.1 Å². The van der Waals surface area contributed by atoms with Crippen LogP contribution in [0.4, 0.5) is 15.8 Å². The first-order valence-electron chi connectivity index (χ1n) is 6.54. The maximum atomic E-state index is 13.2. The summed E-state index contributed by atoms with van der Waals surface area (Å²) in [7, 11) is 0. The third-order valence-electron chi connectivity index (χ3n) is 3.38. The molecule has 6 heteroatoms. The Hall–Kier alpha value is -1.69. The van der Waals surface area contributed by atoms with Crippen LogP contribution in [0.25, 0.3) is 0 Å². The first-order valence-corrected chi connectivity index (χ1v) is 6.54. The fraction of sp³-hybridized carbons (Fsp3) is 0.538. The molecule has 2 rings (SSSR count). The molecule has 1 atom stereocenters. The van der Waals surface area contributed by atoms with Crippen molar-refractivity contribution in [2.75, 3.05) is 24.5 Å². The molecular weight excluding hydrogens is 249 g/mol. The summed E-state index contributed by atoms with van der Waals surface area (Å²) >= 11 is 0. The molecule has 0 radical (unpaired) electrons. The molecular formula is C13H18FN3O2. The minimum absolute atomic E-state index is 0.152. The molecule has 104 valence electrons. The molecule has 5 nitrogen and oxygen atoms in total. The van der Waals surface area contributed by atoms with Gasteiger partial charge in [-0.15, -0.1) is 0 Å². The van der Waals surface area contributed by atoms with Gasteiger partial charge in [0.25, 0.3) is 5.69 Å². The summed E-state index contributed by atoms with van der Waals surface area (Å²) in [4.78, 5) is 12.6. The highest BCUT2D eigenvalue weighted by Crippen LogP contribution is 2.31. The molecule has 19 heavy (non-hydrogen) atoms. The van der Waals surface area contributed by atoms with Crippen LogP contribution in [-0.2, 0) is 0 Å². The molecule has 0 aliphatic carbocycles. The van der Waals surface area contributed by atoms with Gasteiger partial charge in [0, 0.05) is 19.1 Å². The highest BCUT2D eigenvalue weighted by atomic mass is 19.1. The lowest BCUT2D eigenvalue weighted by Crippen LogP contribution is -2.37. The van der Waals surface area contributed by atoms with Crippen molar-refractivity contribution < 1.29 is 9.31 Å². The van der Waals surface area contributed by atoms with E-state index in [1.165, 1.54) is 12.1 Å². The van der Waals surface area contributed by atoms with Crippen molar-refractivity contribution in [3.05, 3.63) is 34.1 Å². The van der Waals surface area contributed by atoms with Crippen molar-refractivity contribution in [1.82, 2.24) is 5.32 Å². The second kappa shape index (κ2) is 5.97. The molecule has 0 saturated carbocycles. The Morgan fingerprint density at radius 3 is 2.95 bits per heavy atom. The number of nitrogens with one attached hydrogen (secondary N) is 1. The van der Waals surface area contributed by atoms with Crippen molar-refractivity contribution in [3.63, 3.8) is 0 Å². The number of nitro groups is 1. The summed E-state index contributed by atoms with van der Waals surface area (Å²) in [6.07, 6.45) is 1.85. The normalized spacial score (nSPS) is 18.5. The van der Waals surface area contributed by atoms with E-state index in [0.717, 1.165) is 38.5 Å². The number of halogens is 1. The number of nitrogens with zero attached hydrogens (tertiary/aromatic N) is 2. The highest BCUT2D eigenvalue weighted by molar-refractivity contribution is 5.64. The standard InChI is InChI=1S/C13H18FN3O2/c1-2-7-16(11-5-6-15-9-11)12-4-3-10(14)8-13(12)17(18)19/h3-4,8,11,15H,2,5-7,9H2,1H3. The van der Waals surface area contributed by atoms with E-state index in [1.807, 2.05) is 11.8 Å². The van der Waals surface area contributed by atoms with Crippen molar-refractivity contribution >= 4 is 11.4 Å². The molecule has 1 unspecified atom stereocenters. The van der Waals surface area contributed by atoms with Crippen LogP contribution in [0, 0.1) is 15.9 Å². The SMILES string of the molecule is CCCN(c1ccc(F)cc1[N+](=O)[O-])C1CCNC1. The Morgan fingerprint density at radius 1 is 1.58 bits per heavy atom. The molecule has 1 fully saturated rings. The maximum absolute atomic E-state index is 13.2. The van der Waals surface area contributed by atoms with E-state index in [2.05, 4.69) is 5.32 Å². The van der Waals surface area contributed by atoms with Crippen molar-refractivity contribution in [1.29, 1.82) is 0 Å². The Balaban J connectivity index is 2.37. The second-order valence-electron chi connectivity index (χ2n) is 4.73. The van der Waals surface area contributed by atoms with Crippen LogP contribution in [0.15, 0.2) is 18.2 Å². The van der Waals surface area contributed by atoms with Crippen molar-refractivity contribution in [2.24, 2.45) is 0 Å². The molecule has 0 bridgehead atoms. The number of anilines is 1. The molecule has 0 amide bonds. The molecule has 0 spiro atoms. The number of hydrogen-bond donors (Lipinski definition) is 1. The van der Waals surface area contributed by atoms with E-state index >= 15 is 0 Å². The fourth-order valence-corrected chi connectivity index (χ4v) is 2.53. The van der Waals surface area contributed by atoms with Gasteiger partial charge in [0.05, 0.1) is 11.0 Å². The monoisotopic (exact) mass is 267 g/mol. The van der Waals surface area contributed by atoms with E-state index in [-0.39, 0.29) is 11.7 Å². The van der Waals surface area contributed by atoms with Crippen LogP contribution < -0.4 is 10.2 Å². The van der Waals surface area contributed by atoms with Gasteiger partial charge in [0.15, 0.2) is 0 Å². The zero-order chi connectivity index (χ0) is 13.8. The van der Waals surface area contributed by atoms with Crippen molar-refractivity contribution in [3.8, 4) is 0 Å². The summed E-state index contributed by atoms with van der Waals surface area (Å²) in [5.41, 5.74) is 0.363. The van der Waals surface area contributed by atoms with E-state index in [4.69, 9.17) is 0 Å². The second-order valence-corrected chi connectivity index (χ2v) is 4.73. The number of benzene rings is 1. The molecule has 1 aromatic carbocycles. The van der Waals surface area contributed by atoms with Gasteiger partial charge in [-0.1, -0.05) is 6.92 Å². The highest BCUT2D eigenvalue weighted by Gasteiger charge is 2.27. The molecule has 1 aliphatic heterocycles. The van der Waals surface area contributed by atoms with Crippen LogP contribution in [0.2, 0.25) is 0 Å². The fourth-order valence-electron chi connectivity index (χ4n) is 2.53. The van der Waals surface area contributed by atoms with Crippen LogP contribution in [0.5, 0.6) is 0 Å². The average molecular weight is 267 g/mol. The predicted octanol–water partition coefficient (Wildman–Crippen LogP) is 2.31. The van der Waals surface area contributed by atoms with Gasteiger partial charge in [0.1, 0.15) is 11.5 Å². The summed E-state index contributed by atoms with van der Waals surface area (Å²) in [6.45, 7) is 4.50. The number of nitro benzene ring substituents is 1. The third kappa shape index (κ3) is 3.01. The van der Waals surface area contributed by atoms with E-state index in [9.17, 15) is 14.5 Å². The Morgan fingerprint density at radius 2 is 2.37 bits per heavy atom. The van der Waals surface area contributed by atoms with Crippen LogP contribution in [0.3, 0.4) is 0 Å². The van der Waals surface area contributed by atoms with Crippen LogP contribution in [0.1, 0.15) is 19.8 Å². The zero-order valence-corrected chi connectivity index (χ0v) is 10.9. The quantitative estimate of drug-likeness (QED) is 0.657. The Bertz CT molecular complexity index is 461. The van der Waals surface area contributed by atoms with Gasteiger partial charge in [0.2, 0.25) is 0 Å². The molecule has 1 saturated heterocycles. The molecule has 1 aliphatic rings. The molecule has 0 aromatic heterocycles. The van der Waals surface area contributed by atoms with Gasteiger partial charge < -0.3 is 10.2 Å². The van der Waals surface area contributed by atoms with Gasteiger partial charge in [-0.2, -0.15) is 0 Å². The van der Waals surface area contributed by atoms with E-state index < -0.39 is 10.7 Å². The minimum Gasteiger partial charge on any atom is -0.362 e. The Labute approximate surface area is 111 Å². The average Bonchev–Trinajstić information content (AvgIpc) is 2.90. The van der Waals surface area contributed by atoms with Gasteiger partial charge in [-0.25, -0.2) is 4.39 Å². The molecule has 1 heterocycles. The van der Waals surface area contributed by atoms with Gasteiger partial charge in [-0.05, 0) is 31.5 Å². The number of hydrogen-bond acceptors (Lipinski definition) is 4. The summed E-state index contributed by atoms with van der Waals surface area (Å²) < 4.78 is 13.2. The molecule has 1 N–H and O–H groups in total. The predicted molar refractivity (Wildman–Crippen MR) is 72.0 cm³/mol. The maximum Gasteiger partial charge on any atom is 0.295 e. The van der Waals surface area contributed by atoms with Crippen LogP contribution in [-0.4, -0.2) is 30.6 Å². The first kappa shape index (κ1) is 13.7. The molecule has 1 aromatic rings. The van der Waals surface area contributed by atoms with E-state index in [0.29, 0.717) is 5.69 Å². The van der Waals surface area contributed by atoms with Crippen LogP contribution >= 0.6 is 0 Å². The number of rotatable bonds is 5. The van der Waals surface area contributed by atoms with Gasteiger partial charge >= 0.3 is 0 Å². The summed E-state index contributed by atoms with van der Waals surface area (Å²) in [5.74, 6) is -0.573.